The number of anilines is 2. The minimum Gasteiger partial charge on any atom is -0.325 e. The quantitative estimate of drug-likeness (QED) is 0.900. The molecule has 0 amide bonds. The Balaban J connectivity index is 1.59. The lowest BCUT2D eigenvalue weighted by Gasteiger charge is -2.30. The van der Waals surface area contributed by atoms with Crippen LogP contribution in [-0.2, 0) is 16.4 Å². The first-order valence-corrected chi connectivity index (χ1v) is 9.94. The van der Waals surface area contributed by atoms with E-state index in [1.165, 1.54) is 6.26 Å². The van der Waals surface area contributed by atoms with E-state index >= 15 is 0 Å². The van der Waals surface area contributed by atoms with Crippen molar-refractivity contribution in [2.75, 3.05) is 24.7 Å². The second kappa shape index (κ2) is 7.27. The Morgan fingerprint density at radius 3 is 2.54 bits per heavy atom. The normalized spacial score (nSPS) is 16.9. The zero-order chi connectivity index (χ0) is 17.0. The summed E-state index contributed by atoms with van der Waals surface area (Å²) in [5.41, 5.74) is 1.02. The van der Waals surface area contributed by atoms with Crippen molar-refractivity contribution in [3.63, 3.8) is 0 Å². The highest BCUT2D eigenvalue weighted by molar-refractivity contribution is 7.88. The maximum Gasteiger partial charge on any atom is 0.211 e. The van der Waals surface area contributed by atoms with Gasteiger partial charge in [0.05, 0.1) is 6.26 Å². The molecular formula is C17H22N4O2S. The Hall–Kier alpha value is -1.99. The number of nitrogens with one attached hydrogen (secondary N) is 1. The van der Waals surface area contributed by atoms with Gasteiger partial charge in [0.2, 0.25) is 10.0 Å². The van der Waals surface area contributed by atoms with Crippen LogP contribution in [0.1, 0.15) is 18.5 Å². The summed E-state index contributed by atoms with van der Waals surface area (Å²) in [5, 5.41) is 3.20. The molecule has 0 unspecified atom stereocenters. The number of sulfonamides is 1. The van der Waals surface area contributed by atoms with Crippen LogP contribution >= 0.6 is 0 Å². The summed E-state index contributed by atoms with van der Waals surface area (Å²) in [6, 6.07) is 11.6. The first-order chi connectivity index (χ1) is 11.5. The fourth-order valence-electron chi connectivity index (χ4n) is 2.97. The van der Waals surface area contributed by atoms with E-state index in [2.05, 4.69) is 15.3 Å². The van der Waals surface area contributed by atoms with E-state index in [4.69, 9.17) is 0 Å². The zero-order valence-corrected chi connectivity index (χ0v) is 14.5. The molecule has 0 saturated carbocycles. The standard InChI is InChI=1S/C17H22N4O2S/c1-24(22,23)21-11-8-14(9-12-21)13-15-5-4-7-17(19-15)20-16-6-2-3-10-18-16/h2-7,10,14H,8-9,11-13H2,1H3,(H,18,19,20). The smallest absolute Gasteiger partial charge is 0.211 e. The van der Waals surface area contributed by atoms with Crippen molar-refractivity contribution in [3.05, 3.63) is 48.3 Å². The molecule has 0 spiro atoms. The van der Waals surface area contributed by atoms with Crippen molar-refractivity contribution in [2.24, 2.45) is 5.92 Å². The van der Waals surface area contributed by atoms with E-state index in [-0.39, 0.29) is 0 Å². The fraction of sp³-hybridized carbons (Fsp3) is 0.412. The summed E-state index contributed by atoms with van der Waals surface area (Å²) in [7, 11) is -3.06. The molecule has 0 aromatic carbocycles. The van der Waals surface area contributed by atoms with Gasteiger partial charge in [-0.25, -0.2) is 22.7 Å². The summed E-state index contributed by atoms with van der Waals surface area (Å²) >= 11 is 0. The largest absolute Gasteiger partial charge is 0.325 e. The number of hydrogen-bond acceptors (Lipinski definition) is 5. The first-order valence-electron chi connectivity index (χ1n) is 8.10. The van der Waals surface area contributed by atoms with Gasteiger partial charge < -0.3 is 5.32 Å². The molecule has 0 radical (unpaired) electrons. The highest BCUT2D eigenvalue weighted by Gasteiger charge is 2.25. The van der Waals surface area contributed by atoms with Crippen molar-refractivity contribution in [1.29, 1.82) is 0 Å². The minimum absolute atomic E-state index is 0.473. The minimum atomic E-state index is -3.06. The first kappa shape index (κ1) is 16.9. The Morgan fingerprint density at radius 1 is 1.12 bits per heavy atom. The second-order valence-electron chi connectivity index (χ2n) is 6.16. The molecule has 0 atom stereocenters. The zero-order valence-electron chi connectivity index (χ0n) is 13.7. The average molecular weight is 346 g/mol. The monoisotopic (exact) mass is 346 g/mol. The van der Waals surface area contributed by atoms with Crippen LogP contribution in [0.4, 0.5) is 11.6 Å². The topological polar surface area (TPSA) is 75.2 Å². The van der Waals surface area contributed by atoms with Crippen LogP contribution in [0.15, 0.2) is 42.6 Å². The van der Waals surface area contributed by atoms with Gasteiger partial charge in [-0.15, -0.1) is 0 Å². The molecule has 1 fully saturated rings. The Morgan fingerprint density at radius 2 is 1.88 bits per heavy atom. The van der Waals surface area contributed by atoms with Gasteiger partial charge in [0.15, 0.2) is 0 Å². The van der Waals surface area contributed by atoms with Gasteiger partial charge in [0, 0.05) is 25.0 Å². The van der Waals surface area contributed by atoms with E-state index in [0.717, 1.165) is 36.6 Å². The number of pyridine rings is 2. The fourth-order valence-corrected chi connectivity index (χ4v) is 3.85. The van der Waals surface area contributed by atoms with Gasteiger partial charge in [-0.1, -0.05) is 12.1 Å². The predicted octanol–water partition coefficient (Wildman–Crippen LogP) is 2.43. The highest BCUT2D eigenvalue weighted by Crippen LogP contribution is 2.23. The van der Waals surface area contributed by atoms with E-state index in [1.807, 2.05) is 36.4 Å². The van der Waals surface area contributed by atoms with Crippen molar-refractivity contribution in [3.8, 4) is 0 Å². The van der Waals surface area contributed by atoms with Gasteiger partial charge in [-0.2, -0.15) is 0 Å². The summed E-state index contributed by atoms with van der Waals surface area (Å²) in [6.45, 7) is 1.21. The molecule has 24 heavy (non-hydrogen) atoms. The molecule has 7 heteroatoms. The molecule has 2 aromatic rings. The van der Waals surface area contributed by atoms with E-state index < -0.39 is 10.0 Å². The lowest BCUT2D eigenvalue weighted by atomic mass is 9.93. The molecule has 3 rings (SSSR count). The van der Waals surface area contributed by atoms with Gasteiger partial charge in [-0.3, -0.25) is 0 Å². The van der Waals surface area contributed by atoms with Crippen LogP contribution in [-0.4, -0.2) is 42.0 Å². The van der Waals surface area contributed by atoms with E-state index in [9.17, 15) is 8.42 Å². The number of hydrogen-bond donors (Lipinski definition) is 1. The molecule has 2 aromatic heterocycles. The molecule has 0 aliphatic carbocycles. The number of rotatable bonds is 5. The Bertz CT molecular complexity index is 772. The molecule has 3 heterocycles. The van der Waals surface area contributed by atoms with Crippen LogP contribution in [0, 0.1) is 5.92 Å². The van der Waals surface area contributed by atoms with Crippen molar-refractivity contribution in [2.45, 2.75) is 19.3 Å². The highest BCUT2D eigenvalue weighted by atomic mass is 32.2. The third-order valence-electron chi connectivity index (χ3n) is 4.27. The number of aromatic nitrogens is 2. The molecule has 6 nitrogen and oxygen atoms in total. The summed E-state index contributed by atoms with van der Waals surface area (Å²) in [6.07, 6.45) is 5.65. The maximum absolute atomic E-state index is 11.6. The third-order valence-corrected chi connectivity index (χ3v) is 5.57. The van der Waals surface area contributed by atoms with Crippen LogP contribution in [0.3, 0.4) is 0 Å². The second-order valence-corrected chi connectivity index (χ2v) is 8.15. The number of nitrogens with zero attached hydrogens (tertiary/aromatic N) is 3. The van der Waals surface area contributed by atoms with Gasteiger partial charge in [-0.05, 0) is 49.4 Å². The molecule has 128 valence electrons. The van der Waals surface area contributed by atoms with Crippen molar-refractivity contribution >= 4 is 21.7 Å². The summed E-state index contributed by atoms with van der Waals surface area (Å²) < 4.78 is 24.7. The molecular weight excluding hydrogens is 324 g/mol. The lowest BCUT2D eigenvalue weighted by Crippen LogP contribution is -2.38. The van der Waals surface area contributed by atoms with E-state index in [0.29, 0.717) is 19.0 Å². The van der Waals surface area contributed by atoms with Crippen LogP contribution in [0.2, 0.25) is 0 Å². The van der Waals surface area contributed by atoms with Crippen LogP contribution < -0.4 is 5.32 Å². The van der Waals surface area contributed by atoms with E-state index in [1.54, 1.807) is 10.5 Å². The van der Waals surface area contributed by atoms with Gasteiger partial charge >= 0.3 is 0 Å². The molecule has 0 bridgehead atoms. The Kier molecular flexibility index (Phi) is 5.11. The molecule has 1 N–H and O–H groups in total. The van der Waals surface area contributed by atoms with Crippen LogP contribution in [0.5, 0.6) is 0 Å². The third kappa shape index (κ3) is 4.52. The van der Waals surface area contributed by atoms with Crippen LogP contribution in [0.25, 0.3) is 0 Å². The van der Waals surface area contributed by atoms with Gasteiger partial charge in [0.1, 0.15) is 11.6 Å². The van der Waals surface area contributed by atoms with Crippen molar-refractivity contribution in [1.82, 2.24) is 14.3 Å². The maximum atomic E-state index is 11.6. The predicted molar refractivity (Wildman–Crippen MR) is 94.6 cm³/mol. The van der Waals surface area contributed by atoms with Gasteiger partial charge in [0.25, 0.3) is 0 Å². The van der Waals surface area contributed by atoms with Crippen molar-refractivity contribution < 1.29 is 8.42 Å². The lowest BCUT2D eigenvalue weighted by molar-refractivity contribution is 0.273. The number of piperidine rings is 1. The molecule has 1 aliphatic heterocycles. The SMILES string of the molecule is CS(=O)(=O)N1CCC(Cc2cccc(Nc3ccccn3)n2)CC1. The molecule has 1 saturated heterocycles. The summed E-state index contributed by atoms with van der Waals surface area (Å²) in [5.74, 6) is 2.02. The summed E-state index contributed by atoms with van der Waals surface area (Å²) in [4.78, 5) is 8.88. The average Bonchev–Trinajstić information content (AvgIpc) is 2.56. The Labute approximate surface area is 143 Å². The molecule has 1 aliphatic rings.